The standard InChI is InChI=1S/Ca.OP.Zr.2H/c;1-2;;;. The van der Waals surface area contributed by atoms with Crippen molar-refractivity contribution in [3.8, 4) is 0 Å². The zero-order valence-electron chi connectivity index (χ0n) is 1.36. The molecule has 0 fully saturated rings. The summed E-state index contributed by atoms with van der Waals surface area (Å²) in [6.07, 6.45) is 0. The number of rotatable bonds is 0. The van der Waals surface area contributed by atoms with Gasteiger partial charge in [-0.1, -0.05) is 0 Å². The fraction of sp³-hybridized carbons (Fsp3) is 0. The summed E-state index contributed by atoms with van der Waals surface area (Å²) in [5.41, 5.74) is 0. The second kappa shape index (κ2) is 18.8. The smallest absolute Gasteiger partial charge is 0 e. The third-order valence-electron chi connectivity index (χ3n) is 0. The van der Waals surface area contributed by atoms with Gasteiger partial charge in [0.25, 0.3) is 9.12 Å². The van der Waals surface area contributed by atoms with E-state index >= 15 is 0 Å². The second-order valence-electron chi connectivity index (χ2n) is 0. The molecule has 0 bridgehead atoms. The van der Waals surface area contributed by atoms with Crippen molar-refractivity contribution in [3.63, 3.8) is 0 Å². The molecule has 4 heteroatoms. The maximum Gasteiger partial charge on any atom is 0 e. The Balaban J connectivity index is -0.00000000500. The van der Waals surface area contributed by atoms with Gasteiger partial charge in [-0.3, -0.25) is 4.57 Å². The van der Waals surface area contributed by atoms with Gasteiger partial charge in [-0.25, -0.2) is 0 Å². The molecular weight excluding hydrogens is 178 g/mol. The van der Waals surface area contributed by atoms with Crippen molar-refractivity contribution in [2.75, 3.05) is 0 Å². The van der Waals surface area contributed by atoms with Crippen LogP contribution in [0.15, 0.2) is 0 Å². The van der Waals surface area contributed by atoms with E-state index in [4.69, 9.17) is 4.57 Å². The minimum atomic E-state index is 0. The molecule has 0 aromatic heterocycles. The molecule has 0 aliphatic carbocycles. The van der Waals surface area contributed by atoms with Crippen LogP contribution in [0.1, 0.15) is 0 Å². The molecule has 0 rings (SSSR count). The van der Waals surface area contributed by atoms with Gasteiger partial charge in [-0.15, -0.1) is 0 Å². The minimum absolute atomic E-state index is 0. The maximum atomic E-state index is 7.94. The van der Waals surface area contributed by atoms with Crippen molar-refractivity contribution >= 4 is 46.9 Å². The number of hydrogen-bond acceptors (Lipinski definition) is 1. The van der Waals surface area contributed by atoms with Crippen molar-refractivity contribution in [3.05, 3.63) is 0 Å². The molecule has 0 saturated carbocycles. The Morgan fingerprint density at radius 2 is 1.25 bits per heavy atom. The van der Waals surface area contributed by atoms with Gasteiger partial charge in [-0.05, 0) is 0 Å². The normalized spacial score (nSPS) is 1.00. The van der Waals surface area contributed by atoms with Crippen molar-refractivity contribution in [2.24, 2.45) is 0 Å². The fourth-order valence-corrected chi connectivity index (χ4v) is 0. The third-order valence-corrected chi connectivity index (χ3v) is 0. The van der Waals surface area contributed by atoms with Gasteiger partial charge in [0.05, 0.1) is 0 Å². The van der Waals surface area contributed by atoms with Crippen LogP contribution in [0.2, 0.25) is 0 Å². The summed E-state index contributed by atoms with van der Waals surface area (Å²) in [4.78, 5) is 0. The van der Waals surface area contributed by atoms with Gasteiger partial charge in [0.1, 0.15) is 0 Å². The predicted octanol–water partition coefficient (Wildman–Crippen LogP) is -0.176. The molecule has 0 aromatic carbocycles. The first-order valence-electron chi connectivity index (χ1n) is 0.183. The zero-order valence-corrected chi connectivity index (χ0v) is 4.71. The van der Waals surface area contributed by atoms with Gasteiger partial charge in [-0.2, -0.15) is 0 Å². The van der Waals surface area contributed by atoms with Gasteiger partial charge in [0.15, 0.2) is 0 Å². The van der Waals surface area contributed by atoms with Crippen LogP contribution < -0.4 is 0 Å². The molecule has 0 spiro atoms. The summed E-state index contributed by atoms with van der Waals surface area (Å²) >= 11 is 0. The summed E-state index contributed by atoms with van der Waals surface area (Å²) in [6.45, 7) is 0. The topological polar surface area (TPSA) is 17.1 Å². The van der Waals surface area contributed by atoms with Crippen LogP contribution in [0.25, 0.3) is 0 Å². The zero-order chi connectivity index (χ0) is 2.00. The van der Waals surface area contributed by atoms with E-state index < -0.39 is 0 Å². The van der Waals surface area contributed by atoms with Crippen LogP contribution in [0.3, 0.4) is 0 Å². The van der Waals surface area contributed by atoms with Gasteiger partial charge in [0.2, 0.25) is 0 Å². The SMILES string of the molecule is O=[P].[CaH2].[Zr]. The van der Waals surface area contributed by atoms with E-state index in [9.17, 15) is 0 Å². The Morgan fingerprint density at radius 1 is 1.25 bits per heavy atom. The minimum Gasteiger partial charge on any atom is 0 e. The Kier molecular flexibility index (Phi) is 76.5. The first kappa shape index (κ1) is 16.3. The van der Waals surface area contributed by atoms with Crippen LogP contribution in [0.4, 0.5) is 0 Å². The van der Waals surface area contributed by atoms with E-state index in [2.05, 4.69) is 9.12 Å². The molecule has 4 heavy (non-hydrogen) atoms. The van der Waals surface area contributed by atoms with Crippen LogP contribution >= 0.6 is 9.12 Å². The van der Waals surface area contributed by atoms with E-state index in [1.54, 1.807) is 0 Å². The first-order chi connectivity index (χ1) is 1.00. The molecule has 0 saturated heterocycles. The van der Waals surface area contributed by atoms with Crippen molar-refractivity contribution in [1.82, 2.24) is 0 Å². The molecule has 0 atom stereocenters. The average molecular weight is 180 g/mol. The summed E-state index contributed by atoms with van der Waals surface area (Å²) < 4.78 is 7.94. The third kappa shape index (κ3) is 8.87. The van der Waals surface area contributed by atoms with Crippen LogP contribution in [-0.2, 0) is 30.8 Å². The maximum absolute atomic E-state index is 7.94. The summed E-state index contributed by atoms with van der Waals surface area (Å²) in [5, 5.41) is 0. The quantitative estimate of drug-likeness (QED) is 0.373. The molecule has 0 aromatic rings. The average Bonchev–Trinajstić information content (AvgIpc) is 1.00. The Labute approximate surface area is 76.3 Å². The van der Waals surface area contributed by atoms with Crippen molar-refractivity contribution < 1.29 is 30.8 Å². The molecule has 0 amide bonds. The van der Waals surface area contributed by atoms with E-state index in [0.29, 0.717) is 0 Å². The molecule has 0 aliphatic heterocycles. The summed E-state index contributed by atoms with van der Waals surface area (Å²) in [5.74, 6) is 0. The molecule has 1 nitrogen and oxygen atoms in total. The molecular formula is H2CaOPZr. The van der Waals surface area contributed by atoms with Crippen molar-refractivity contribution in [1.29, 1.82) is 0 Å². The van der Waals surface area contributed by atoms with Crippen LogP contribution in [0.5, 0.6) is 0 Å². The van der Waals surface area contributed by atoms with E-state index in [1.807, 2.05) is 0 Å². The molecule has 0 unspecified atom stereocenters. The monoisotopic (exact) mass is 179 g/mol. The molecule has 0 aliphatic rings. The number of hydrogen-bond donors (Lipinski definition) is 0. The van der Waals surface area contributed by atoms with Gasteiger partial charge >= 0.3 is 37.7 Å². The van der Waals surface area contributed by atoms with Crippen LogP contribution in [-0.4, -0.2) is 37.7 Å². The summed E-state index contributed by atoms with van der Waals surface area (Å²) in [6, 6.07) is 0. The Bertz CT molecular complexity index is 8.00. The molecule has 1 radical (unpaired) electrons. The van der Waals surface area contributed by atoms with Crippen LogP contribution in [0, 0.1) is 0 Å². The first-order valence-corrected chi connectivity index (χ1v) is 0.548. The van der Waals surface area contributed by atoms with Gasteiger partial charge in [0, 0.05) is 26.2 Å². The van der Waals surface area contributed by atoms with Gasteiger partial charge < -0.3 is 0 Å². The predicted molar refractivity (Wildman–Crippen MR) is 16.2 cm³/mol. The molecule has 0 N–H and O–H groups in total. The van der Waals surface area contributed by atoms with E-state index in [1.165, 1.54) is 0 Å². The van der Waals surface area contributed by atoms with E-state index in [-0.39, 0.29) is 63.9 Å². The van der Waals surface area contributed by atoms with Crippen molar-refractivity contribution in [2.45, 2.75) is 0 Å². The second-order valence-corrected chi connectivity index (χ2v) is 0. The summed E-state index contributed by atoms with van der Waals surface area (Å²) in [7, 11) is 2.28. The van der Waals surface area contributed by atoms with E-state index in [0.717, 1.165) is 0 Å². The molecule has 19 valence electrons. The Morgan fingerprint density at radius 3 is 1.25 bits per heavy atom. The largest absolute Gasteiger partial charge is 0 e. The molecule has 0 heterocycles. The Hall–Kier alpha value is 2.24. The fourth-order valence-electron chi connectivity index (χ4n) is 0.